The summed E-state index contributed by atoms with van der Waals surface area (Å²) in [7, 11) is 0. The van der Waals surface area contributed by atoms with Crippen molar-refractivity contribution in [3.8, 4) is 17.1 Å². The summed E-state index contributed by atoms with van der Waals surface area (Å²) in [5.41, 5.74) is 2.12. The highest BCUT2D eigenvalue weighted by atomic mass is 19.4. The minimum absolute atomic E-state index is 0.125. The van der Waals surface area contributed by atoms with Gasteiger partial charge in [0.05, 0.1) is 6.54 Å². The number of nitrogens with one attached hydrogen (secondary N) is 2. The van der Waals surface area contributed by atoms with E-state index < -0.39 is 12.1 Å². The quantitative estimate of drug-likeness (QED) is 0.665. The number of halogens is 3. The van der Waals surface area contributed by atoms with E-state index in [1.165, 1.54) is 28.9 Å². The number of nitrogens with zero attached hydrogens (tertiary/aromatic N) is 3. The van der Waals surface area contributed by atoms with Crippen LogP contribution in [0.1, 0.15) is 5.56 Å². The van der Waals surface area contributed by atoms with Crippen molar-refractivity contribution in [2.24, 2.45) is 0 Å². The monoisotopic (exact) mass is 419 g/mol. The normalized spacial score (nSPS) is 14.7. The van der Waals surface area contributed by atoms with E-state index in [4.69, 9.17) is 0 Å². The molecule has 0 spiro atoms. The van der Waals surface area contributed by atoms with E-state index in [0.717, 1.165) is 37.4 Å². The third-order valence-electron chi connectivity index (χ3n) is 4.79. The summed E-state index contributed by atoms with van der Waals surface area (Å²) in [6.45, 7) is 3.90. The van der Waals surface area contributed by atoms with E-state index in [-0.39, 0.29) is 12.3 Å². The van der Waals surface area contributed by atoms with Gasteiger partial charge in [0.1, 0.15) is 5.75 Å². The topological polar surface area (TPSA) is 75.2 Å². The number of aromatic amines is 1. The molecule has 0 bridgehead atoms. The van der Waals surface area contributed by atoms with E-state index in [2.05, 4.69) is 25.0 Å². The van der Waals surface area contributed by atoms with Crippen LogP contribution < -0.4 is 20.6 Å². The molecular formula is C20H20F3N5O2. The average Bonchev–Trinajstić information content (AvgIpc) is 3.09. The molecule has 7 nitrogen and oxygen atoms in total. The maximum Gasteiger partial charge on any atom is 0.573 e. The fraction of sp³-hybridized carbons (Fsp3) is 0.300. The van der Waals surface area contributed by atoms with Gasteiger partial charge in [0.2, 0.25) is 0 Å². The number of anilines is 1. The number of benzene rings is 2. The number of hydrogen-bond donors (Lipinski definition) is 2. The van der Waals surface area contributed by atoms with Crippen LogP contribution in [-0.2, 0) is 6.54 Å². The number of ether oxygens (including phenoxy) is 1. The van der Waals surface area contributed by atoms with Crippen LogP contribution in [-0.4, -0.2) is 47.3 Å². The van der Waals surface area contributed by atoms with E-state index in [1.54, 1.807) is 0 Å². The molecule has 4 rings (SSSR count). The first-order valence-electron chi connectivity index (χ1n) is 9.45. The summed E-state index contributed by atoms with van der Waals surface area (Å²) in [4.78, 5) is 17.3. The Kier molecular flexibility index (Phi) is 5.49. The molecule has 10 heteroatoms. The average molecular weight is 419 g/mol. The van der Waals surface area contributed by atoms with Gasteiger partial charge < -0.3 is 15.0 Å². The molecule has 0 amide bonds. The van der Waals surface area contributed by atoms with Gasteiger partial charge in [-0.05, 0) is 42.0 Å². The fourth-order valence-electron chi connectivity index (χ4n) is 3.32. The second-order valence-corrected chi connectivity index (χ2v) is 6.91. The summed E-state index contributed by atoms with van der Waals surface area (Å²) in [5, 5.41) is 7.63. The lowest BCUT2D eigenvalue weighted by molar-refractivity contribution is -0.274. The highest BCUT2D eigenvalue weighted by Gasteiger charge is 2.30. The third kappa shape index (κ3) is 4.82. The molecule has 30 heavy (non-hydrogen) atoms. The molecule has 2 N–H and O–H groups in total. The van der Waals surface area contributed by atoms with Crippen molar-refractivity contribution in [2.45, 2.75) is 12.9 Å². The van der Waals surface area contributed by atoms with Crippen LogP contribution >= 0.6 is 0 Å². The molecule has 1 aliphatic heterocycles. The standard InChI is InChI=1S/C20H20F3N5O2/c21-20(22,23)30-17-7-1-14(2-8-17)13-28-19(29)25-18(26-28)15-3-5-16(6-4-15)27-11-9-24-10-12-27/h1-8,24H,9-13H2,(H,25,26,29). The van der Waals surface area contributed by atoms with Crippen LogP contribution in [0.4, 0.5) is 18.9 Å². The van der Waals surface area contributed by atoms with Crippen molar-refractivity contribution >= 4 is 5.69 Å². The molecule has 1 saturated heterocycles. The van der Waals surface area contributed by atoms with Gasteiger partial charge in [-0.25, -0.2) is 9.48 Å². The van der Waals surface area contributed by atoms with Gasteiger partial charge in [-0.1, -0.05) is 12.1 Å². The molecule has 0 aliphatic carbocycles. The molecule has 1 fully saturated rings. The number of aromatic nitrogens is 3. The molecule has 0 saturated carbocycles. The fourth-order valence-corrected chi connectivity index (χ4v) is 3.32. The van der Waals surface area contributed by atoms with E-state index in [0.29, 0.717) is 11.4 Å². The molecule has 0 unspecified atom stereocenters. The summed E-state index contributed by atoms with van der Waals surface area (Å²) in [6, 6.07) is 13.1. The van der Waals surface area contributed by atoms with Gasteiger partial charge >= 0.3 is 12.1 Å². The Labute approximate surface area is 170 Å². The lowest BCUT2D eigenvalue weighted by Gasteiger charge is -2.29. The van der Waals surface area contributed by atoms with Gasteiger partial charge in [0, 0.05) is 37.4 Å². The Morgan fingerprint density at radius 1 is 1.00 bits per heavy atom. The van der Waals surface area contributed by atoms with Crippen molar-refractivity contribution in [2.75, 3.05) is 31.1 Å². The maximum atomic E-state index is 12.2. The van der Waals surface area contributed by atoms with Gasteiger partial charge in [0.25, 0.3) is 0 Å². The molecule has 0 atom stereocenters. The first-order chi connectivity index (χ1) is 14.4. The predicted octanol–water partition coefficient (Wildman–Crippen LogP) is 2.59. The second kappa shape index (κ2) is 8.23. The lowest BCUT2D eigenvalue weighted by atomic mass is 10.1. The number of H-pyrrole nitrogens is 1. The minimum atomic E-state index is -4.74. The zero-order chi connectivity index (χ0) is 21.1. The largest absolute Gasteiger partial charge is 0.573 e. The Morgan fingerprint density at radius 3 is 2.30 bits per heavy atom. The predicted molar refractivity (Wildman–Crippen MR) is 106 cm³/mol. The summed E-state index contributed by atoms with van der Waals surface area (Å²) in [6.07, 6.45) is -4.74. The van der Waals surface area contributed by atoms with Crippen LogP contribution in [0.25, 0.3) is 11.4 Å². The van der Waals surface area contributed by atoms with Crippen LogP contribution in [0.3, 0.4) is 0 Å². The molecule has 2 aromatic carbocycles. The third-order valence-corrected chi connectivity index (χ3v) is 4.79. The molecular weight excluding hydrogens is 399 g/mol. The Hall–Kier alpha value is -3.27. The molecule has 3 aromatic rings. The van der Waals surface area contributed by atoms with E-state index in [1.807, 2.05) is 24.3 Å². The number of piperazine rings is 1. The Balaban J connectivity index is 1.46. The second-order valence-electron chi connectivity index (χ2n) is 6.91. The van der Waals surface area contributed by atoms with Crippen molar-refractivity contribution in [3.05, 3.63) is 64.6 Å². The lowest BCUT2D eigenvalue weighted by Crippen LogP contribution is -2.43. The van der Waals surface area contributed by atoms with Gasteiger partial charge in [0.15, 0.2) is 5.82 Å². The molecule has 158 valence electrons. The molecule has 1 aliphatic rings. The number of hydrogen-bond acceptors (Lipinski definition) is 5. The van der Waals surface area contributed by atoms with Crippen LogP contribution in [0, 0.1) is 0 Å². The smallest absolute Gasteiger partial charge is 0.406 e. The van der Waals surface area contributed by atoms with Gasteiger partial charge in [-0.3, -0.25) is 4.98 Å². The summed E-state index contributed by atoms with van der Waals surface area (Å²) in [5.74, 6) is 0.120. The van der Waals surface area contributed by atoms with Crippen LogP contribution in [0.2, 0.25) is 0 Å². The Bertz CT molecular complexity index is 1040. The van der Waals surface area contributed by atoms with Crippen LogP contribution in [0.15, 0.2) is 53.3 Å². The first-order valence-corrected chi connectivity index (χ1v) is 9.45. The molecule has 2 heterocycles. The molecule has 0 radical (unpaired) electrons. The van der Waals surface area contributed by atoms with Crippen molar-refractivity contribution in [1.29, 1.82) is 0 Å². The Morgan fingerprint density at radius 2 is 1.67 bits per heavy atom. The SMILES string of the molecule is O=c1[nH]c(-c2ccc(N3CCNCC3)cc2)nn1Cc1ccc(OC(F)(F)F)cc1. The number of alkyl halides is 3. The molecule has 1 aromatic heterocycles. The van der Waals surface area contributed by atoms with Gasteiger partial charge in [-0.2, -0.15) is 0 Å². The number of rotatable bonds is 5. The van der Waals surface area contributed by atoms with Crippen molar-refractivity contribution in [3.63, 3.8) is 0 Å². The van der Waals surface area contributed by atoms with Crippen molar-refractivity contribution in [1.82, 2.24) is 20.1 Å². The van der Waals surface area contributed by atoms with Crippen molar-refractivity contribution < 1.29 is 17.9 Å². The highest BCUT2D eigenvalue weighted by Crippen LogP contribution is 2.23. The summed E-state index contributed by atoms with van der Waals surface area (Å²) < 4.78 is 41.8. The minimum Gasteiger partial charge on any atom is -0.406 e. The van der Waals surface area contributed by atoms with Crippen LogP contribution in [0.5, 0.6) is 5.75 Å². The first kappa shape index (κ1) is 20.0. The van der Waals surface area contributed by atoms with E-state index >= 15 is 0 Å². The van der Waals surface area contributed by atoms with E-state index in [9.17, 15) is 18.0 Å². The maximum absolute atomic E-state index is 12.2. The summed E-state index contributed by atoms with van der Waals surface area (Å²) >= 11 is 0. The zero-order valence-electron chi connectivity index (χ0n) is 15.9. The highest BCUT2D eigenvalue weighted by molar-refractivity contribution is 5.60. The van der Waals surface area contributed by atoms with Gasteiger partial charge in [-0.15, -0.1) is 18.3 Å². The zero-order valence-corrected chi connectivity index (χ0v) is 15.9.